The lowest BCUT2D eigenvalue weighted by atomic mass is 10.0. The van der Waals surface area contributed by atoms with Gasteiger partial charge in [-0.1, -0.05) is 0 Å². The Bertz CT molecular complexity index is 1050. The predicted octanol–water partition coefficient (Wildman–Crippen LogP) is 3.55. The highest BCUT2D eigenvalue weighted by atomic mass is 79.9. The van der Waals surface area contributed by atoms with Crippen LogP contribution in [0.3, 0.4) is 0 Å². The molecular weight excluding hydrogens is 445 g/mol. The summed E-state index contributed by atoms with van der Waals surface area (Å²) in [6.07, 6.45) is -2.36. The highest BCUT2D eigenvalue weighted by Gasteiger charge is 2.37. The Morgan fingerprint density at radius 2 is 1.68 bits per heavy atom. The number of alkyl halides is 3. The van der Waals surface area contributed by atoms with Crippen molar-refractivity contribution >= 4 is 44.8 Å². The second-order valence-corrected chi connectivity index (χ2v) is 6.46. The first-order valence-electron chi connectivity index (χ1n) is 7.65. The Labute approximate surface area is 164 Å². The summed E-state index contributed by atoms with van der Waals surface area (Å²) in [6.45, 7) is 1.16. The third kappa shape index (κ3) is 3.65. The van der Waals surface area contributed by atoms with Crippen molar-refractivity contribution in [3.63, 3.8) is 0 Å². The van der Waals surface area contributed by atoms with Crippen molar-refractivity contribution in [2.75, 3.05) is 10.6 Å². The monoisotopic (exact) mass is 454 g/mol. The zero-order valence-electron chi connectivity index (χ0n) is 14.0. The first kappa shape index (κ1) is 19.7. The van der Waals surface area contributed by atoms with Gasteiger partial charge >= 0.3 is 6.18 Å². The van der Waals surface area contributed by atoms with E-state index in [-0.39, 0.29) is 21.6 Å². The lowest BCUT2D eigenvalue weighted by Gasteiger charge is -2.20. The molecule has 0 fully saturated rings. The maximum Gasteiger partial charge on any atom is 0.418 e. The summed E-state index contributed by atoms with van der Waals surface area (Å²) in [4.78, 5) is 43.6. The van der Waals surface area contributed by atoms with E-state index in [0.29, 0.717) is 0 Å². The smallest absolute Gasteiger partial charge is 0.351 e. The van der Waals surface area contributed by atoms with Gasteiger partial charge in [-0.15, -0.1) is 0 Å². The van der Waals surface area contributed by atoms with Gasteiger partial charge in [0.25, 0.3) is 0 Å². The van der Waals surface area contributed by atoms with E-state index in [9.17, 15) is 27.6 Å². The zero-order valence-corrected chi connectivity index (χ0v) is 15.6. The van der Waals surface area contributed by atoms with Crippen molar-refractivity contribution in [2.24, 2.45) is 0 Å². The minimum Gasteiger partial charge on any atom is -0.351 e. The number of hydrogen-bond acceptors (Lipinski definition) is 6. The molecule has 1 amide bonds. The van der Waals surface area contributed by atoms with E-state index in [1.54, 1.807) is 0 Å². The molecular formula is C17H10BrF3N4O3. The number of Topliss-reactive ketones (excluding diaryl/α,β-unsaturated/α-hetero) is 2. The number of fused-ring (bicyclic) bond motifs is 1. The number of halogens is 4. The highest BCUT2D eigenvalue weighted by Crippen LogP contribution is 2.38. The predicted molar refractivity (Wildman–Crippen MR) is 96.0 cm³/mol. The quantitative estimate of drug-likeness (QED) is 0.735. The van der Waals surface area contributed by atoms with Crippen molar-refractivity contribution in [1.29, 1.82) is 0 Å². The van der Waals surface area contributed by atoms with Gasteiger partial charge in [0.15, 0.2) is 0 Å². The molecule has 1 aromatic heterocycles. The number of allylic oxidation sites excluding steroid dienone is 2. The summed E-state index contributed by atoms with van der Waals surface area (Å²) in [6, 6.07) is 3.00. The van der Waals surface area contributed by atoms with Gasteiger partial charge in [-0.2, -0.15) is 13.2 Å². The average Bonchev–Trinajstić information content (AvgIpc) is 2.63. The maximum atomic E-state index is 13.5. The van der Waals surface area contributed by atoms with Crippen molar-refractivity contribution in [3.8, 4) is 0 Å². The molecule has 1 aromatic carbocycles. The Kier molecular flexibility index (Phi) is 5.02. The second kappa shape index (κ2) is 7.15. The van der Waals surface area contributed by atoms with Crippen LogP contribution in [0.25, 0.3) is 0 Å². The molecule has 0 radical (unpaired) electrons. The van der Waals surface area contributed by atoms with Crippen molar-refractivity contribution < 1.29 is 27.6 Å². The van der Waals surface area contributed by atoms with E-state index in [1.807, 2.05) is 0 Å². The van der Waals surface area contributed by atoms with Crippen LogP contribution in [0, 0.1) is 0 Å². The first-order chi connectivity index (χ1) is 13.1. The van der Waals surface area contributed by atoms with Crippen LogP contribution in [0.2, 0.25) is 0 Å². The standard InChI is InChI=1S/C17H10BrF3N4O3/c1-7(26)24-8-2-3-10(9(6-8)17(19,20)21)25-12-11(18)15(27)13-14(16(12)28)23-5-4-22-13/h2-6,25H,1H3,(H,24,26). The number of hydrogen-bond donors (Lipinski definition) is 2. The molecule has 0 bridgehead atoms. The molecule has 0 spiro atoms. The third-order valence-electron chi connectivity index (χ3n) is 3.68. The van der Waals surface area contributed by atoms with Gasteiger partial charge in [0.1, 0.15) is 17.1 Å². The lowest BCUT2D eigenvalue weighted by molar-refractivity contribution is -0.137. The van der Waals surface area contributed by atoms with Gasteiger partial charge in [0, 0.05) is 25.0 Å². The molecule has 1 aliphatic carbocycles. The summed E-state index contributed by atoms with van der Waals surface area (Å²) in [7, 11) is 0. The molecule has 2 aromatic rings. The van der Waals surface area contributed by atoms with E-state index in [1.165, 1.54) is 18.5 Å². The van der Waals surface area contributed by atoms with Gasteiger partial charge in [-0.3, -0.25) is 14.4 Å². The lowest BCUT2D eigenvalue weighted by Crippen LogP contribution is -2.27. The molecule has 7 nitrogen and oxygen atoms in total. The number of benzene rings is 1. The molecule has 0 atom stereocenters. The molecule has 0 aliphatic heterocycles. The molecule has 1 heterocycles. The SMILES string of the molecule is CC(=O)Nc1ccc(NC2=C(Br)C(=O)c3nccnc3C2=O)c(C(F)(F)F)c1. The Balaban J connectivity index is 2.06. The molecule has 1 aliphatic rings. The molecule has 0 saturated carbocycles. The molecule has 0 saturated heterocycles. The topological polar surface area (TPSA) is 101 Å². The summed E-state index contributed by atoms with van der Waals surface area (Å²) >= 11 is 2.95. The van der Waals surface area contributed by atoms with E-state index < -0.39 is 40.6 Å². The number of nitrogens with zero attached hydrogens (tertiary/aromatic N) is 2. The van der Waals surface area contributed by atoms with Gasteiger partial charge in [-0.05, 0) is 34.1 Å². The number of carbonyl (C=O) groups is 3. The number of carbonyl (C=O) groups excluding carboxylic acids is 3. The van der Waals surface area contributed by atoms with Gasteiger partial charge < -0.3 is 10.6 Å². The number of amides is 1. The Morgan fingerprint density at radius 3 is 2.25 bits per heavy atom. The number of anilines is 2. The first-order valence-corrected chi connectivity index (χ1v) is 8.45. The number of nitrogens with one attached hydrogen (secondary N) is 2. The molecule has 144 valence electrons. The van der Waals surface area contributed by atoms with E-state index in [0.717, 1.165) is 19.1 Å². The summed E-state index contributed by atoms with van der Waals surface area (Å²) in [5.41, 5.74) is -2.51. The van der Waals surface area contributed by atoms with Crippen molar-refractivity contribution in [2.45, 2.75) is 13.1 Å². The van der Waals surface area contributed by atoms with Crippen LogP contribution in [0.5, 0.6) is 0 Å². The third-order valence-corrected chi connectivity index (χ3v) is 4.44. The molecule has 3 rings (SSSR count). The summed E-state index contributed by atoms with van der Waals surface area (Å²) < 4.78 is 40.2. The van der Waals surface area contributed by atoms with Gasteiger partial charge in [-0.25, -0.2) is 9.97 Å². The number of rotatable bonds is 3. The van der Waals surface area contributed by atoms with Gasteiger partial charge in [0.2, 0.25) is 17.5 Å². The minimum atomic E-state index is -4.79. The Morgan fingerprint density at radius 1 is 1.07 bits per heavy atom. The normalized spacial score (nSPS) is 14.0. The fourth-order valence-corrected chi connectivity index (χ4v) is 2.99. The van der Waals surface area contributed by atoms with Crippen LogP contribution in [0.15, 0.2) is 40.8 Å². The van der Waals surface area contributed by atoms with Crippen LogP contribution in [-0.2, 0) is 11.0 Å². The van der Waals surface area contributed by atoms with Crippen LogP contribution in [-0.4, -0.2) is 27.4 Å². The second-order valence-electron chi connectivity index (χ2n) is 5.67. The maximum absolute atomic E-state index is 13.5. The zero-order chi connectivity index (χ0) is 20.6. The molecule has 0 unspecified atom stereocenters. The van der Waals surface area contributed by atoms with Crippen molar-refractivity contribution in [1.82, 2.24) is 9.97 Å². The molecule has 28 heavy (non-hydrogen) atoms. The summed E-state index contributed by atoms with van der Waals surface area (Å²) in [5.74, 6) is -2.01. The highest BCUT2D eigenvalue weighted by molar-refractivity contribution is 9.12. The molecule has 11 heteroatoms. The van der Waals surface area contributed by atoms with Crippen molar-refractivity contribution in [3.05, 3.63) is 57.7 Å². The fourth-order valence-electron chi connectivity index (χ4n) is 2.52. The van der Waals surface area contributed by atoms with Gasteiger partial charge in [0.05, 0.1) is 15.7 Å². The molecule has 2 N–H and O–H groups in total. The van der Waals surface area contributed by atoms with Crippen LogP contribution < -0.4 is 10.6 Å². The van der Waals surface area contributed by atoms with Crippen LogP contribution in [0.1, 0.15) is 33.5 Å². The van der Waals surface area contributed by atoms with E-state index in [4.69, 9.17) is 0 Å². The van der Waals surface area contributed by atoms with Crippen LogP contribution in [0.4, 0.5) is 24.5 Å². The van der Waals surface area contributed by atoms with E-state index in [2.05, 4.69) is 36.5 Å². The Hall–Kier alpha value is -3.08. The fraction of sp³-hybridized carbons (Fsp3) is 0.118. The number of aromatic nitrogens is 2. The average molecular weight is 455 g/mol. The largest absolute Gasteiger partial charge is 0.418 e. The van der Waals surface area contributed by atoms with Crippen LogP contribution >= 0.6 is 15.9 Å². The van der Waals surface area contributed by atoms with E-state index >= 15 is 0 Å². The minimum absolute atomic E-state index is 0.0688. The number of ketones is 2. The summed E-state index contributed by atoms with van der Waals surface area (Å²) in [5, 5.41) is 4.63.